The molecule has 0 atom stereocenters. The summed E-state index contributed by atoms with van der Waals surface area (Å²) in [6, 6.07) is 8.21. The summed E-state index contributed by atoms with van der Waals surface area (Å²) in [6.45, 7) is 0.446. The van der Waals surface area contributed by atoms with E-state index in [0.717, 1.165) is 18.6 Å². The maximum Gasteiger partial charge on any atom is 0.340 e. The van der Waals surface area contributed by atoms with Crippen molar-refractivity contribution in [3.63, 3.8) is 0 Å². The number of halogens is 1. The number of carbonyl (C=O) groups is 1. The maximum absolute atomic E-state index is 13.8. The highest BCUT2D eigenvalue weighted by atomic mass is 19.1. The molecule has 0 bridgehead atoms. The number of carboxylic acid groups (broad SMARTS) is 1. The fourth-order valence-corrected chi connectivity index (χ4v) is 2.33. The number of anilines is 1. The quantitative estimate of drug-likeness (QED) is 0.909. The van der Waals surface area contributed by atoms with E-state index in [2.05, 4.69) is 0 Å². The molecule has 104 valence electrons. The number of rotatable bonds is 5. The van der Waals surface area contributed by atoms with Gasteiger partial charge in [-0.25, -0.2) is 9.18 Å². The van der Waals surface area contributed by atoms with Crippen molar-refractivity contribution in [2.24, 2.45) is 0 Å². The molecule has 0 radical (unpaired) electrons. The van der Waals surface area contributed by atoms with E-state index in [4.69, 9.17) is 4.42 Å². The molecular formula is C15H14FNO3. The van der Waals surface area contributed by atoms with Crippen molar-refractivity contribution >= 4 is 11.7 Å². The lowest BCUT2D eigenvalue weighted by atomic mass is 10.1. The van der Waals surface area contributed by atoms with Crippen LogP contribution in [0.4, 0.5) is 10.1 Å². The Morgan fingerprint density at radius 2 is 2.15 bits per heavy atom. The third kappa shape index (κ3) is 2.39. The molecule has 1 aliphatic carbocycles. The molecule has 0 aliphatic heterocycles. The monoisotopic (exact) mass is 275 g/mol. The minimum atomic E-state index is -1.25. The molecule has 1 heterocycles. The van der Waals surface area contributed by atoms with E-state index in [1.165, 1.54) is 12.1 Å². The molecule has 0 unspecified atom stereocenters. The van der Waals surface area contributed by atoms with E-state index < -0.39 is 11.8 Å². The van der Waals surface area contributed by atoms with Crippen LogP contribution in [0.15, 0.2) is 41.0 Å². The van der Waals surface area contributed by atoms with Gasteiger partial charge in [-0.05, 0) is 37.1 Å². The number of carboxylic acids is 1. The number of aromatic carboxylic acids is 1. The van der Waals surface area contributed by atoms with Crippen molar-refractivity contribution in [2.45, 2.75) is 25.4 Å². The van der Waals surface area contributed by atoms with Crippen LogP contribution in [0.5, 0.6) is 0 Å². The van der Waals surface area contributed by atoms with Gasteiger partial charge < -0.3 is 14.4 Å². The van der Waals surface area contributed by atoms with E-state index in [1.54, 1.807) is 18.4 Å². The zero-order valence-corrected chi connectivity index (χ0v) is 10.8. The number of hydrogen-bond acceptors (Lipinski definition) is 3. The zero-order valence-electron chi connectivity index (χ0n) is 10.8. The van der Waals surface area contributed by atoms with Crippen LogP contribution in [-0.2, 0) is 6.54 Å². The largest absolute Gasteiger partial charge is 0.478 e. The molecule has 1 fully saturated rings. The topological polar surface area (TPSA) is 53.7 Å². The maximum atomic E-state index is 13.8. The Balaban J connectivity index is 1.99. The van der Waals surface area contributed by atoms with Crippen molar-refractivity contribution in [1.29, 1.82) is 0 Å². The molecular weight excluding hydrogens is 261 g/mol. The third-order valence-corrected chi connectivity index (χ3v) is 3.41. The minimum Gasteiger partial charge on any atom is -0.478 e. The van der Waals surface area contributed by atoms with Crippen LogP contribution in [0, 0.1) is 5.82 Å². The number of nitrogens with zero attached hydrogens (tertiary/aromatic N) is 1. The van der Waals surface area contributed by atoms with Crippen LogP contribution in [0.1, 0.15) is 29.0 Å². The summed E-state index contributed by atoms with van der Waals surface area (Å²) in [5.41, 5.74) is 0.141. The molecule has 4 nitrogen and oxygen atoms in total. The van der Waals surface area contributed by atoms with Gasteiger partial charge in [0.2, 0.25) is 0 Å². The Morgan fingerprint density at radius 3 is 2.75 bits per heavy atom. The summed E-state index contributed by atoms with van der Waals surface area (Å²) in [5.74, 6) is -1.22. The smallest absolute Gasteiger partial charge is 0.340 e. The van der Waals surface area contributed by atoms with Crippen LogP contribution in [0.25, 0.3) is 0 Å². The molecule has 0 amide bonds. The number of hydrogen-bond donors (Lipinski definition) is 1. The number of furan rings is 1. The highest BCUT2D eigenvalue weighted by Gasteiger charge is 2.33. The first-order valence-electron chi connectivity index (χ1n) is 6.47. The average Bonchev–Trinajstić information content (AvgIpc) is 3.12. The molecule has 0 saturated heterocycles. The van der Waals surface area contributed by atoms with Gasteiger partial charge in [-0.15, -0.1) is 0 Å². The molecule has 5 heteroatoms. The molecule has 1 aliphatic rings. The van der Waals surface area contributed by atoms with E-state index in [0.29, 0.717) is 12.2 Å². The highest BCUT2D eigenvalue weighted by molar-refractivity contribution is 5.94. The Hall–Kier alpha value is -2.30. The summed E-state index contributed by atoms with van der Waals surface area (Å²) < 4.78 is 19.1. The number of benzene rings is 1. The summed E-state index contributed by atoms with van der Waals surface area (Å²) in [4.78, 5) is 13.2. The third-order valence-electron chi connectivity index (χ3n) is 3.41. The summed E-state index contributed by atoms with van der Waals surface area (Å²) in [5, 5.41) is 9.23. The average molecular weight is 275 g/mol. The second-order valence-corrected chi connectivity index (χ2v) is 4.88. The molecule has 1 N–H and O–H groups in total. The predicted octanol–water partition coefficient (Wildman–Crippen LogP) is 3.29. The molecule has 1 aromatic carbocycles. The Bertz CT molecular complexity index is 620. The standard InChI is InChI=1S/C15H14FNO3/c16-12-4-1-5-13(14(12)15(18)19)17(10-6-7-10)9-11-3-2-8-20-11/h1-5,8,10H,6-7,9H2,(H,18,19). The second-order valence-electron chi connectivity index (χ2n) is 4.88. The second kappa shape index (κ2) is 5.00. The highest BCUT2D eigenvalue weighted by Crippen LogP contribution is 2.35. The predicted molar refractivity (Wildman–Crippen MR) is 71.3 cm³/mol. The fraction of sp³-hybridized carbons (Fsp3) is 0.267. The van der Waals surface area contributed by atoms with E-state index in [-0.39, 0.29) is 11.6 Å². The molecule has 20 heavy (non-hydrogen) atoms. The Kier molecular flexibility index (Phi) is 3.18. The normalized spacial score (nSPS) is 14.2. The van der Waals surface area contributed by atoms with Crippen LogP contribution in [-0.4, -0.2) is 17.1 Å². The van der Waals surface area contributed by atoms with E-state index in [9.17, 15) is 14.3 Å². The minimum absolute atomic E-state index is 0.250. The van der Waals surface area contributed by atoms with Crippen molar-refractivity contribution in [3.8, 4) is 0 Å². The first-order chi connectivity index (χ1) is 9.66. The van der Waals surface area contributed by atoms with Crippen molar-refractivity contribution < 1.29 is 18.7 Å². The van der Waals surface area contributed by atoms with Crippen molar-refractivity contribution in [2.75, 3.05) is 4.90 Å². The Morgan fingerprint density at radius 1 is 1.35 bits per heavy atom. The summed E-state index contributed by atoms with van der Waals surface area (Å²) in [6.07, 6.45) is 3.54. The molecule has 1 aromatic heterocycles. The van der Waals surface area contributed by atoms with E-state index in [1.807, 2.05) is 11.0 Å². The summed E-state index contributed by atoms with van der Waals surface area (Å²) in [7, 11) is 0. The van der Waals surface area contributed by atoms with Gasteiger partial charge in [-0.1, -0.05) is 6.07 Å². The molecule has 2 aromatic rings. The first-order valence-corrected chi connectivity index (χ1v) is 6.47. The first kappa shape index (κ1) is 12.7. The van der Waals surface area contributed by atoms with Crippen LogP contribution >= 0.6 is 0 Å². The van der Waals surface area contributed by atoms with Gasteiger partial charge in [-0.3, -0.25) is 0 Å². The molecule has 3 rings (SSSR count). The lowest BCUT2D eigenvalue weighted by Crippen LogP contribution is -2.27. The SMILES string of the molecule is O=C(O)c1c(F)cccc1N(Cc1ccco1)C1CC1. The van der Waals surface area contributed by atoms with E-state index >= 15 is 0 Å². The van der Waals surface area contributed by atoms with Crippen LogP contribution < -0.4 is 4.90 Å². The van der Waals surface area contributed by atoms with Crippen LogP contribution in [0.2, 0.25) is 0 Å². The zero-order chi connectivity index (χ0) is 14.1. The van der Waals surface area contributed by atoms with Crippen molar-refractivity contribution in [3.05, 3.63) is 53.7 Å². The van der Waals surface area contributed by atoms with Gasteiger partial charge in [0.15, 0.2) is 0 Å². The summed E-state index contributed by atoms with van der Waals surface area (Å²) >= 11 is 0. The van der Waals surface area contributed by atoms with Gasteiger partial charge in [0.1, 0.15) is 17.1 Å². The Labute approximate surface area is 115 Å². The van der Waals surface area contributed by atoms with Gasteiger partial charge in [0, 0.05) is 6.04 Å². The van der Waals surface area contributed by atoms with Gasteiger partial charge in [-0.2, -0.15) is 0 Å². The lowest BCUT2D eigenvalue weighted by Gasteiger charge is -2.25. The van der Waals surface area contributed by atoms with Gasteiger partial charge in [0.05, 0.1) is 18.5 Å². The van der Waals surface area contributed by atoms with Gasteiger partial charge in [0.25, 0.3) is 0 Å². The van der Waals surface area contributed by atoms with Gasteiger partial charge >= 0.3 is 5.97 Å². The lowest BCUT2D eigenvalue weighted by molar-refractivity contribution is 0.0692. The van der Waals surface area contributed by atoms with Crippen molar-refractivity contribution in [1.82, 2.24) is 0 Å². The molecule has 1 saturated carbocycles. The fourth-order valence-electron chi connectivity index (χ4n) is 2.33. The molecule has 0 spiro atoms. The van der Waals surface area contributed by atoms with Crippen LogP contribution in [0.3, 0.4) is 0 Å².